The molecule has 284 valence electrons. The van der Waals surface area contributed by atoms with Crippen molar-refractivity contribution in [2.45, 2.75) is 122 Å². The molecule has 3 heterocycles. The van der Waals surface area contributed by atoms with Crippen molar-refractivity contribution in [3.8, 4) is 0 Å². The largest absolute Gasteiger partial charge is 0.480 e. The predicted molar refractivity (Wildman–Crippen MR) is 190 cm³/mol. The summed E-state index contributed by atoms with van der Waals surface area (Å²) in [5.74, 6) is -2.45. The minimum absolute atomic E-state index is 0.0293. The lowest BCUT2D eigenvalue weighted by molar-refractivity contribution is -0.141. The van der Waals surface area contributed by atoms with E-state index in [-0.39, 0.29) is 47.5 Å². The molecule has 3 rings (SSSR count). The molecule has 0 bridgehead atoms. The third kappa shape index (κ3) is 8.68. The summed E-state index contributed by atoms with van der Waals surface area (Å²) < 4.78 is 54.2. The minimum Gasteiger partial charge on any atom is -0.480 e. The van der Waals surface area contributed by atoms with Gasteiger partial charge in [-0.15, -0.1) is 0 Å². The van der Waals surface area contributed by atoms with E-state index in [2.05, 4.69) is 20.8 Å². The highest BCUT2D eigenvalue weighted by Crippen LogP contribution is 2.52. The quantitative estimate of drug-likeness (QED) is 0.183. The van der Waals surface area contributed by atoms with Crippen molar-refractivity contribution in [2.75, 3.05) is 26.2 Å². The first-order valence-corrected chi connectivity index (χ1v) is 23.7. The van der Waals surface area contributed by atoms with Gasteiger partial charge < -0.3 is 29.5 Å². The molecule has 50 heavy (non-hydrogen) atoms. The lowest BCUT2D eigenvalue weighted by Gasteiger charge is -2.43. The molecule has 1 saturated heterocycles. The Hall–Kier alpha value is -2.66. The van der Waals surface area contributed by atoms with Gasteiger partial charge in [-0.05, 0) is 49.6 Å². The summed E-state index contributed by atoms with van der Waals surface area (Å²) in [7, 11) is -9.56. The van der Waals surface area contributed by atoms with E-state index in [1.807, 2.05) is 47.0 Å². The fourth-order valence-electron chi connectivity index (χ4n) is 5.40. The molecule has 16 nitrogen and oxygen atoms in total. The number of ether oxygens (including phenoxy) is 1. The number of rotatable bonds is 14. The van der Waals surface area contributed by atoms with Gasteiger partial charge in [0.15, 0.2) is 28.5 Å². The Morgan fingerprint density at radius 1 is 1.02 bits per heavy atom. The number of hydrogen-bond acceptors (Lipinski definition) is 12. The Morgan fingerprint density at radius 2 is 1.56 bits per heavy atom. The van der Waals surface area contributed by atoms with Gasteiger partial charge in [-0.25, -0.2) is 8.98 Å². The number of aromatic nitrogens is 2. The van der Waals surface area contributed by atoms with E-state index < -0.39 is 87.1 Å². The van der Waals surface area contributed by atoms with E-state index in [1.54, 1.807) is 0 Å². The number of hydrogen-bond donors (Lipinski definition) is 3. The van der Waals surface area contributed by atoms with Crippen LogP contribution in [0.5, 0.6) is 0 Å². The normalized spacial score (nSPS) is 24.2. The third-order valence-electron chi connectivity index (χ3n) is 10.3. The van der Waals surface area contributed by atoms with Crippen LogP contribution < -0.4 is 17.0 Å². The Kier molecular flexibility index (Phi) is 12.0. The molecule has 0 amide bonds. The van der Waals surface area contributed by atoms with E-state index in [0.29, 0.717) is 0 Å². The summed E-state index contributed by atoms with van der Waals surface area (Å²) in [6.07, 6.45) is -2.37. The second-order valence-electron chi connectivity index (χ2n) is 16.1. The number of nitrogens with two attached hydrogens (primary N) is 1. The number of aliphatic carboxylic acids is 2. The van der Waals surface area contributed by atoms with Gasteiger partial charge in [0.2, 0.25) is 0 Å². The van der Waals surface area contributed by atoms with Crippen molar-refractivity contribution < 1.29 is 46.0 Å². The molecule has 19 heteroatoms. The number of carbonyl (C=O) groups is 2. The van der Waals surface area contributed by atoms with Crippen LogP contribution >= 0.6 is 0 Å². The van der Waals surface area contributed by atoms with Crippen molar-refractivity contribution in [1.29, 1.82) is 0 Å². The topological polar surface area (TPSA) is 219 Å². The molecule has 4 atom stereocenters. The predicted octanol–water partition coefficient (Wildman–Crippen LogP) is 2.39. The average molecular weight is 763 g/mol. The standard InChI is InChI=1S/C31H54N4O12SSi2/c1-20-15-35(28(41)34(26(20)40)14-12-13-33(16-23(36)37)17-24(38)39)27-25(46-50(10,11)30(5,6)7)31(21(32)19-48(42,43)47-31)22(45-27)18-44-49(8,9)29(2,3)4/h15,19,22,25,27H,12-14,16-18,32H2,1-11H3,(H,36,37)(H,38,39)/t22-,25+,27-,31-/m1/s1. The summed E-state index contributed by atoms with van der Waals surface area (Å²) in [6, 6.07) is 0. The zero-order valence-electron chi connectivity index (χ0n) is 30.9. The molecule has 0 unspecified atom stereocenters. The van der Waals surface area contributed by atoms with Crippen LogP contribution in [0.15, 0.2) is 26.9 Å². The van der Waals surface area contributed by atoms with Gasteiger partial charge in [0.1, 0.15) is 12.2 Å². The molecule has 0 saturated carbocycles. The molecule has 1 aromatic heterocycles. The first-order valence-electron chi connectivity index (χ1n) is 16.5. The van der Waals surface area contributed by atoms with Crippen LogP contribution in [0.2, 0.25) is 36.3 Å². The molecule has 0 aliphatic carbocycles. The maximum absolute atomic E-state index is 14.2. The van der Waals surface area contributed by atoms with Crippen LogP contribution in [0.3, 0.4) is 0 Å². The van der Waals surface area contributed by atoms with E-state index in [4.69, 9.17) is 23.5 Å². The van der Waals surface area contributed by atoms with Crippen LogP contribution in [0, 0.1) is 6.92 Å². The first kappa shape index (κ1) is 41.8. The lowest BCUT2D eigenvalue weighted by atomic mass is 9.89. The molecule has 1 aromatic rings. The van der Waals surface area contributed by atoms with Gasteiger partial charge in [-0.1, -0.05) is 41.5 Å². The Balaban J connectivity index is 2.19. The molecule has 1 spiro atoms. The molecular weight excluding hydrogens is 709 g/mol. The molecule has 2 aliphatic rings. The SMILES string of the molecule is Cc1cn([C@@H]2O[C@H](CO[Si](C)(C)C(C)(C)C)[C@@]3(OS(=O)(=O)C=C3N)[C@H]2O[Si](C)(C)C(C)(C)C)c(=O)n(CCCN(CC(=O)O)CC(=O)O)c1=O. The van der Waals surface area contributed by atoms with E-state index in [1.165, 1.54) is 22.6 Å². The van der Waals surface area contributed by atoms with Crippen molar-refractivity contribution in [3.05, 3.63) is 43.7 Å². The van der Waals surface area contributed by atoms with Crippen molar-refractivity contribution in [2.24, 2.45) is 5.73 Å². The smallest absolute Gasteiger partial charge is 0.333 e. The fraction of sp³-hybridized carbons (Fsp3) is 0.742. The molecule has 0 aromatic carbocycles. The highest BCUT2D eigenvalue weighted by molar-refractivity contribution is 7.90. The fourth-order valence-corrected chi connectivity index (χ4v) is 8.91. The second-order valence-corrected chi connectivity index (χ2v) is 27.1. The van der Waals surface area contributed by atoms with Crippen LogP contribution in [-0.2, 0) is 44.0 Å². The summed E-state index contributed by atoms with van der Waals surface area (Å²) in [5, 5.41) is 18.6. The average Bonchev–Trinajstić information content (AvgIpc) is 3.35. The van der Waals surface area contributed by atoms with Crippen molar-refractivity contribution in [1.82, 2.24) is 14.0 Å². The second kappa shape index (κ2) is 14.4. The molecule has 1 fully saturated rings. The lowest BCUT2D eigenvalue weighted by Crippen LogP contribution is -2.59. The van der Waals surface area contributed by atoms with Gasteiger partial charge in [-0.3, -0.25) is 28.4 Å². The summed E-state index contributed by atoms with van der Waals surface area (Å²) in [5.41, 5.74) is 3.21. The van der Waals surface area contributed by atoms with Crippen LogP contribution in [0.1, 0.15) is 59.8 Å². The maximum atomic E-state index is 14.2. The van der Waals surface area contributed by atoms with E-state index in [9.17, 15) is 37.8 Å². The van der Waals surface area contributed by atoms with Crippen molar-refractivity contribution in [3.63, 3.8) is 0 Å². The van der Waals surface area contributed by atoms with Gasteiger partial charge in [0.25, 0.3) is 15.7 Å². The summed E-state index contributed by atoms with van der Waals surface area (Å²) in [6.45, 7) is 20.2. The third-order valence-corrected chi connectivity index (χ3v) is 20.3. The molecule has 2 aliphatic heterocycles. The Labute approximate surface area is 295 Å². The number of carboxylic acids is 2. The molecular formula is C31H54N4O12SSi2. The zero-order chi connectivity index (χ0) is 38.4. The summed E-state index contributed by atoms with van der Waals surface area (Å²) >= 11 is 0. The number of aryl methyl sites for hydroxylation is 1. The first-order chi connectivity index (χ1) is 22.6. The Bertz CT molecular complexity index is 1710. The molecule has 0 radical (unpaired) electrons. The summed E-state index contributed by atoms with van der Waals surface area (Å²) in [4.78, 5) is 51.3. The minimum atomic E-state index is -4.31. The monoisotopic (exact) mass is 762 g/mol. The van der Waals surface area contributed by atoms with Crippen LogP contribution in [-0.4, -0.2) is 105 Å². The van der Waals surface area contributed by atoms with Gasteiger partial charge in [0.05, 0.1) is 30.8 Å². The molecule has 4 N–H and O–H groups in total. The zero-order valence-corrected chi connectivity index (χ0v) is 33.8. The number of nitrogens with zero attached hydrogens (tertiary/aromatic N) is 3. The van der Waals surface area contributed by atoms with Gasteiger partial charge in [-0.2, -0.15) is 8.42 Å². The van der Waals surface area contributed by atoms with Crippen molar-refractivity contribution >= 4 is 38.7 Å². The maximum Gasteiger partial charge on any atom is 0.333 e. The Morgan fingerprint density at radius 3 is 2.02 bits per heavy atom. The number of carboxylic acid groups (broad SMARTS) is 2. The highest BCUT2D eigenvalue weighted by Gasteiger charge is 2.67. The van der Waals surface area contributed by atoms with Crippen LogP contribution in [0.4, 0.5) is 0 Å². The van der Waals surface area contributed by atoms with Gasteiger partial charge >= 0.3 is 17.6 Å². The van der Waals surface area contributed by atoms with E-state index in [0.717, 1.165) is 9.98 Å². The van der Waals surface area contributed by atoms with E-state index >= 15 is 0 Å². The highest BCUT2D eigenvalue weighted by atomic mass is 32.2. The van der Waals surface area contributed by atoms with Crippen LogP contribution in [0.25, 0.3) is 0 Å². The van der Waals surface area contributed by atoms with Gasteiger partial charge in [0, 0.05) is 24.8 Å².